The van der Waals surface area contributed by atoms with Crippen LogP contribution in [0.25, 0.3) is 0 Å². The molecule has 1 aromatic carbocycles. The number of morpholine rings is 1. The number of nitrogens with one attached hydrogen (secondary N) is 1. The van der Waals surface area contributed by atoms with E-state index >= 15 is 0 Å². The topological polar surface area (TPSA) is 62.6 Å². The second-order valence-electron chi connectivity index (χ2n) is 5.22. The summed E-state index contributed by atoms with van der Waals surface area (Å²) in [5.74, 6) is 1.40. The molecule has 2 aromatic rings. The molecular weight excluding hydrogens is 358 g/mol. The van der Waals surface area contributed by atoms with Gasteiger partial charge in [-0.05, 0) is 24.6 Å². The molecule has 3 rings (SSSR count). The maximum absolute atomic E-state index is 5.36. The van der Waals surface area contributed by atoms with Crippen molar-refractivity contribution in [2.75, 3.05) is 36.6 Å². The van der Waals surface area contributed by atoms with E-state index in [4.69, 9.17) is 4.74 Å². The van der Waals surface area contributed by atoms with Crippen LogP contribution in [0.5, 0.6) is 0 Å². The number of aromatic nitrogens is 2. The predicted molar refractivity (Wildman–Crippen MR) is 95.2 cm³/mol. The molecule has 1 fully saturated rings. The molecule has 1 aromatic heterocycles. The zero-order chi connectivity index (χ0) is 16.1. The molecule has 7 heteroatoms. The molecule has 0 radical (unpaired) electrons. The summed E-state index contributed by atoms with van der Waals surface area (Å²) in [5.41, 5.74) is 4.90. The molecule has 0 bridgehead atoms. The van der Waals surface area contributed by atoms with Crippen molar-refractivity contribution in [1.29, 1.82) is 0 Å². The van der Waals surface area contributed by atoms with Gasteiger partial charge in [0.2, 0.25) is 5.95 Å². The van der Waals surface area contributed by atoms with Crippen molar-refractivity contribution in [2.24, 2.45) is 5.10 Å². The molecule has 1 aliphatic heterocycles. The van der Waals surface area contributed by atoms with Gasteiger partial charge in [-0.1, -0.05) is 28.1 Å². The highest BCUT2D eigenvalue weighted by Crippen LogP contribution is 2.15. The zero-order valence-electron chi connectivity index (χ0n) is 12.9. The molecule has 0 unspecified atom stereocenters. The third-order valence-electron chi connectivity index (χ3n) is 3.40. The number of nitrogens with zero attached hydrogens (tertiary/aromatic N) is 4. The Morgan fingerprint density at radius 1 is 1.22 bits per heavy atom. The molecule has 0 atom stereocenters. The van der Waals surface area contributed by atoms with Gasteiger partial charge in [0.25, 0.3) is 0 Å². The number of halogens is 1. The normalized spacial score (nSPS) is 15.1. The van der Waals surface area contributed by atoms with Crippen LogP contribution in [0.3, 0.4) is 0 Å². The van der Waals surface area contributed by atoms with Crippen molar-refractivity contribution < 1.29 is 4.74 Å². The van der Waals surface area contributed by atoms with Gasteiger partial charge in [-0.25, -0.2) is 4.98 Å². The number of anilines is 2. The minimum Gasteiger partial charge on any atom is -0.378 e. The van der Waals surface area contributed by atoms with Gasteiger partial charge < -0.3 is 9.64 Å². The first kappa shape index (κ1) is 15.9. The van der Waals surface area contributed by atoms with E-state index in [-0.39, 0.29) is 0 Å². The number of hydrogen-bond donors (Lipinski definition) is 1. The molecule has 1 N–H and O–H groups in total. The third kappa shape index (κ3) is 4.49. The highest BCUT2D eigenvalue weighted by Gasteiger charge is 2.14. The molecule has 6 nitrogen and oxygen atoms in total. The van der Waals surface area contributed by atoms with Crippen LogP contribution in [0.1, 0.15) is 11.3 Å². The second-order valence-corrected chi connectivity index (χ2v) is 6.13. The Labute approximate surface area is 143 Å². The summed E-state index contributed by atoms with van der Waals surface area (Å²) in [6, 6.07) is 9.81. The third-order valence-corrected chi connectivity index (χ3v) is 3.93. The van der Waals surface area contributed by atoms with Gasteiger partial charge in [0.15, 0.2) is 5.82 Å². The minimum absolute atomic E-state index is 0.687. The molecule has 1 aliphatic rings. The highest BCUT2D eigenvalue weighted by molar-refractivity contribution is 9.10. The molecule has 0 saturated carbocycles. The van der Waals surface area contributed by atoms with Crippen LogP contribution in [0.15, 0.2) is 39.9 Å². The summed E-state index contributed by atoms with van der Waals surface area (Å²) in [5, 5.41) is 4.25. The Morgan fingerprint density at radius 2 is 1.96 bits per heavy atom. The van der Waals surface area contributed by atoms with Gasteiger partial charge in [0, 0.05) is 29.3 Å². The molecule has 2 heterocycles. The first-order chi connectivity index (χ1) is 11.2. The number of benzene rings is 1. The Kier molecular flexibility index (Phi) is 5.19. The summed E-state index contributed by atoms with van der Waals surface area (Å²) in [7, 11) is 0. The van der Waals surface area contributed by atoms with Crippen LogP contribution in [0.2, 0.25) is 0 Å². The molecule has 0 amide bonds. The van der Waals surface area contributed by atoms with Crippen molar-refractivity contribution in [3.05, 3.63) is 46.1 Å². The van der Waals surface area contributed by atoms with Gasteiger partial charge in [0.1, 0.15) is 0 Å². The summed E-state index contributed by atoms with van der Waals surface area (Å²) in [6.45, 7) is 4.99. The van der Waals surface area contributed by atoms with E-state index in [9.17, 15) is 0 Å². The monoisotopic (exact) mass is 375 g/mol. The fraction of sp³-hybridized carbons (Fsp3) is 0.312. The fourth-order valence-electron chi connectivity index (χ4n) is 2.24. The lowest BCUT2D eigenvalue weighted by atomic mass is 10.2. The first-order valence-electron chi connectivity index (χ1n) is 7.44. The Balaban J connectivity index is 1.69. The number of ether oxygens (including phenoxy) is 1. The Morgan fingerprint density at radius 3 is 2.70 bits per heavy atom. The quantitative estimate of drug-likeness (QED) is 0.657. The summed E-state index contributed by atoms with van der Waals surface area (Å²) in [4.78, 5) is 11.2. The zero-order valence-corrected chi connectivity index (χ0v) is 14.5. The first-order valence-corrected chi connectivity index (χ1v) is 8.23. The Hall–Kier alpha value is -1.99. The molecule has 120 valence electrons. The van der Waals surface area contributed by atoms with Crippen molar-refractivity contribution in [2.45, 2.75) is 6.92 Å². The smallest absolute Gasteiger partial charge is 0.227 e. The Bertz CT molecular complexity index is 683. The number of hydrazone groups is 1. The van der Waals surface area contributed by atoms with Gasteiger partial charge in [-0.3, -0.25) is 5.43 Å². The van der Waals surface area contributed by atoms with Crippen molar-refractivity contribution in [3.8, 4) is 0 Å². The highest BCUT2D eigenvalue weighted by atomic mass is 79.9. The minimum atomic E-state index is 0.687. The van der Waals surface area contributed by atoms with Crippen LogP contribution in [0, 0.1) is 6.92 Å². The van der Waals surface area contributed by atoms with E-state index in [0.29, 0.717) is 19.0 Å². The van der Waals surface area contributed by atoms with Gasteiger partial charge in [0.05, 0.1) is 19.4 Å². The standard InChI is InChI=1S/C16H18BrN5O/c1-12-10-15(20-16(19-12)22-6-8-23-9-7-22)21-18-11-13-2-4-14(17)5-3-13/h2-5,10-11H,6-9H2,1H3,(H,19,20,21)/b18-11+. The van der Waals surface area contributed by atoms with Crippen molar-refractivity contribution in [1.82, 2.24) is 9.97 Å². The van der Waals surface area contributed by atoms with E-state index < -0.39 is 0 Å². The SMILES string of the molecule is Cc1cc(N/N=C/c2ccc(Br)cc2)nc(N2CCOCC2)n1. The molecule has 0 aliphatic carbocycles. The maximum Gasteiger partial charge on any atom is 0.227 e. The number of rotatable bonds is 4. The van der Waals surface area contributed by atoms with Crippen molar-refractivity contribution >= 4 is 33.9 Å². The summed E-state index contributed by atoms with van der Waals surface area (Å²) >= 11 is 3.41. The van der Waals surface area contributed by atoms with Crippen LogP contribution in [-0.2, 0) is 4.74 Å². The average molecular weight is 376 g/mol. The molecule has 23 heavy (non-hydrogen) atoms. The maximum atomic E-state index is 5.36. The average Bonchev–Trinajstić information content (AvgIpc) is 2.57. The van der Waals surface area contributed by atoms with Gasteiger partial charge in [-0.15, -0.1) is 0 Å². The lowest BCUT2D eigenvalue weighted by Gasteiger charge is -2.27. The van der Waals surface area contributed by atoms with E-state index in [1.165, 1.54) is 0 Å². The van der Waals surface area contributed by atoms with E-state index in [1.807, 2.05) is 37.3 Å². The van der Waals surface area contributed by atoms with Gasteiger partial charge in [-0.2, -0.15) is 10.1 Å². The second kappa shape index (κ2) is 7.52. The van der Waals surface area contributed by atoms with E-state index in [0.717, 1.165) is 34.8 Å². The van der Waals surface area contributed by atoms with Crippen LogP contribution in [-0.4, -0.2) is 42.5 Å². The lowest BCUT2D eigenvalue weighted by molar-refractivity contribution is 0.122. The van der Waals surface area contributed by atoms with Gasteiger partial charge >= 0.3 is 0 Å². The van der Waals surface area contributed by atoms with Crippen LogP contribution in [0.4, 0.5) is 11.8 Å². The summed E-state index contributed by atoms with van der Waals surface area (Å²) < 4.78 is 6.41. The molecule has 1 saturated heterocycles. The lowest BCUT2D eigenvalue weighted by Crippen LogP contribution is -2.37. The fourth-order valence-corrected chi connectivity index (χ4v) is 2.50. The number of aryl methyl sites for hydroxylation is 1. The van der Waals surface area contributed by atoms with Crippen LogP contribution < -0.4 is 10.3 Å². The van der Waals surface area contributed by atoms with Crippen molar-refractivity contribution in [3.63, 3.8) is 0 Å². The largest absolute Gasteiger partial charge is 0.378 e. The van der Waals surface area contributed by atoms with E-state index in [2.05, 4.69) is 41.3 Å². The summed E-state index contributed by atoms with van der Waals surface area (Å²) in [6.07, 6.45) is 1.76. The predicted octanol–water partition coefficient (Wildman–Crippen LogP) is 2.83. The van der Waals surface area contributed by atoms with E-state index in [1.54, 1.807) is 6.21 Å². The number of hydrogen-bond acceptors (Lipinski definition) is 6. The van der Waals surface area contributed by atoms with Crippen LogP contribution >= 0.6 is 15.9 Å². The molecular formula is C16H18BrN5O. The molecule has 0 spiro atoms.